The second-order valence-corrected chi connectivity index (χ2v) is 6.78. The first-order chi connectivity index (χ1) is 13.1. The van der Waals surface area contributed by atoms with Crippen molar-refractivity contribution < 1.29 is 14.0 Å². The number of rotatable bonds is 5. The fourth-order valence-electron chi connectivity index (χ4n) is 2.44. The van der Waals surface area contributed by atoms with Crippen LogP contribution in [-0.2, 0) is 4.79 Å². The number of thiophene rings is 1. The van der Waals surface area contributed by atoms with E-state index < -0.39 is 0 Å². The van der Waals surface area contributed by atoms with Crippen molar-refractivity contribution in [2.75, 3.05) is 12.4 Å². The lowest BCUT2D eigenvalue weighted by atomic mass is 10.2. The monoisotopic (exact) mass is 380 g/mol. The maximum atomic E-state index is 13.8. The maximum absolute atomic E-state index is 13.8. The molecule has 27 heavy (non-hydrogen) atoms. The van der Waals surface area contributed by atoms with E-state index in [4.69, 9.17) is 0 Å². The van der Waals surface area contributed by atoms with Gasteiger partial charge < -0.3 is 10.6 Å². The summed E-state index contributed by atoms with van der Waals surface area (Å²) in [7, 11) is 1.56. The number of nitrogens with one attached hydrogen (secondary N) is 2. The quantitative estimate of drug-likeness (QED) is 0.637. The first-order valence-electron chi connectivity index (χ1n) is 8.23. The summed E-state index contributed by atoms with van der Waals surface area (Å²) in [5.74, 6) is -0.743. The van der Waals surface area contributed by atoms with Gasteiger partial charge in [0.25, 0.3) is 5.91 Å². The van der Waals surface area contributed by atoms with Crippen LogP contribution in [0.2, 0.25) is 0 Å². The lowest BCUT2D eigenvalue weighted by Gasteiger charge is -2.03. The van der Waals surface area contributed by atoms with Crippen molar-refractivity contribution in [3.05, 3.63) is 83.0 Å². The van der Waals surface area contributed by atoms with Gasteiger partial charge in [-0.05, 0) is 48.5 Å². The molecular formula is C21H17FN2O2S. The second-order valence-electron chi connectivity index (χ2n) is 5.66. The predicted octanol–water partition coefficient (Wildman–Crippen LogP) is 4.57. The molecule has 0 atom stereocenters. The molecule has 0 aliphatic rings. The van der Waals surface area contributed by atoms with Crippen LogP contribution in [-0.4, -0.2) is 18.9 Å². The van der Waals surface area contributed by atoms with Gasteiger partial charge in [-0.25, -0.2) is 4.39 Å². The number of benzene rings is 2. The fourth-order valence-corrected chi connectivity index (χ4v) is 3.38. The summed E-state index contributed by atoms with van der Waals surface area (Å²) < 4.78 is 13.8. The van der Waals surface area contributed by atoms with Crippen LogP contribution >= 0.6 is 11.3 Å². The summed E-state index contributed by atoms with van der Waals surface area (Å²) in [5.41, 5.74) is 1.66. The fraction of sp³-hybridized carbons (Fsp3) is 0.0476. The molecule has 0 saturated carbocycles. The summed E-state index contributed by atoms with van der Waals surface area (Å²) in [5, 5.41) is 5.27. The van der Waals surface area contributed by atoms with Crippen LogP contribution in [0, 0.1) is 5.82 Å². The van der Waals surface area contributed by atoms with Crippen LogP contribution in [0.1, 0.15) is 15.2 Å². The SMILES string of the molecule is CNC(=O)c1ccc(NC(=O)/C=C/c2ccc(-c3ccccc3F)s2)cc1. The largest absolute Gasteiger partial charge is 0.355 e. The summed E-state index contributed by atoms with van der Waals surface area (Å²) in [6.45, 7) is 0. The van der Waals surface area contributed by atoms with Gasteiger partial charge in [-0.15, -0.1) is 11.3 Å². The smallest absolute Gasteiger partial charge is 0.251 e. The van der Waals surface area contributed by atoms with E-state index in [-0.39, 0.29) is 17.6 Å². The van der Waals surface area contributed by atoms with Crippen molar-refractivity contribution in [3.63, 3.8) is 0 Å². The van der Waals surface area contributed by atoms with Gasteiger partial charge in [0, 0.05) is 39.7 Å². The van der Waals surface area contributed by atoms with Gasteiger partial charge in [0.1, 0.15) is 5.82 Å². The molecule has 2 amide bonds. The van der Waals surface area contributed by atoms with Gasteiger partial charge in [0.2, 0.25) is 5.91 Å². The van der Waals surface area contributed by atoms with Gasteiger partial charge in [0.15, 0.2) is 0 Å². The Kier molecular flexibility index (Phi) is 5.78. The van der Waals surface area contributed by atoms with E-state index in [1.807, 2.05) is 12.1 Å². The average molecular weight is 380 g/mol. The maximum Gasteiger partial charge on any atom is 0.251 e. The average Bonchev–Trinajstić information content (AvgIpc) is 3.15. The molecule has 1 heterocycles. The van der Waals surface area contributed by atoms with Crippen LogP contribution in [0.4, 0.5) is 10.1 Å². The Hall–Kier alpha value is -3.25. The molecule has 4 nitrogen and oxygen atoms in total. The van der Waals surface area contributed by atoms with Crippen molar-refractivity contribution in [1.29, 1.82) is 0 Å². The Labute approximate surface area is 160 Å². The minimum absolute atomic E-state index is 0.184. The molecule has 0 aliphatic heterocycles. The normalized spacial score (nSPS) is 10.7. The van der Waals surface area contributed by atoms with Crippen LogP contribution in [0.5, 0.6) is 0 Å². The lowest BCUT2D eigenvalue weighted by molar-refractivity contribution is -0.111. The number of hydrogen-bond donors (Lipinski definition) is 2. The molecule has 1 aromatic heterocycles. The minimum atomic E-state index is -0.288. The number of carbonyl (C=O) groups is 2. The number of halogens is 1. The Morgan fingerprint density at radius 3 is 2.44 bits per heavy atom. The zero-order valence-electron chi connectivity index (χ0n) is 14.5. The van der Waals surface area contributed by atoms with Crippen LogP contribution < -0.4 is 10.6 Å². The third kappa shape index (κ3) is 4.68. The summed E-state index contributed by atoms with van der Waals surface area (Å²) >= 11 is 1.40. The molecule has 0 saturated heterocycles. The molecule has 3 rings (SSSR count). The van der Waals surface area contributed by atoms with Crippen LogP contribution in [0.25, 0.3) is 16.5 Å². The van der Waals surface area contributed by atoms with Crippen LogP contribution in [0.3, 0.4) is 0 Å². The highest BCUT2D eigenvalue weighted by Gasteiger charge is 2.07. The third-order valence-electron chi connectivity index (χ3n) is 3.81. The molecule has 2 N–H and O–H groups in total. The van der Waals surface area contributed by atoms with Gasteiger partial charge in [0.05, 0.1) is 0 Å². The van der Waals surface area contributed by atoms with E-state index in [2.05, 4.69) is 10.6 Å². The van der Waals surface area contributed by atoms with Crippen molar-refractivity contribution in [1.82, 2.24) is 5.32 Å². The number of anilines is 1. The minimum Gasteiger partial charge on any atom is -0.355 e. The molecule has 3 aromatic rings. The molecular weight excluding hydrogens is 363 g/mol. The summed E-state index contributed by atoms with van der Waals surface area (Å²) in [4.78, 5) is 25.2. The number of hydrogen-bond acceptors (Lipinski definition) is 3. The Bertz CT molecular complexity index is 993. The second kappa shape index (κ2) is 8.42. The molecule has 0 bridgehead atoms. The standard InChI is InChI=1S/C21H17FN2O2S/c1-23-21(26)14-6-8-15(9-7-14)24-20(25)13-11-16-10-12-19(27-16)17-4-2-3-5-18(17)22/h2-13H,1H3,(H,23,26)(H,24,25)/b13-11+. The van der Waals surface area contributed by atoms with Crippen molar-refractivity contribution in [2.45, 2.75) is 0 Å². The van der Waals surface area contributed by atoms with E-state index in [1.165, 1.54) is 23.5 Å². The van der Waals surface area contributed by atoms with Crippen LogP contribution in [0.15, 0.2) is 66.7 Å². The van der Waals surface area contributed by atoms with E-state index in [1.54, 1.807) is 55.6 Å². The molecule has 0 aliphatic carbocycles. The zero-order valence-corrected chi connectivity index (χ0v) is 15.3. The van der Waals surface area contributed by atoms with E-state index in [0.29, 0.717) is 16.8 Å². The first kappa shape index (κ1) is 18.5. The topological polar surface area (TPSA) is 58.2 Å². The van der Waals surface area contributed by atoms with Gasteiger partial charge in [-0.1, -0.05) is 18.2 Å². The summed E-state index contributed by atoms with van der Waals surface area (Å²) in [6, 6.07) is 16.9. The van der Waals surface area contributed by atoms with Crippen molar-refractivity contribution in [3.8, 4) is 10.4 Å². The highest BCUT2D eigenvalue weighted by atomic mass is 32.1. The summed E-state index contributed by atoms with van der Waals surface area (Å²) in [6.07, 6.45) is 3.10. The van der Waals surface area contributed by atoms with E-state index >= 15 is 0 Å². The van der Waals surface area contributed by atoms with Crippen molar-refractivity contribution in [2.24, 2.45) is 0 Å². The molecule has 136 valence electrons. The molecule has 0 radical (unpaired) electrons. The molecule has 6 heteroatoms. The molecule has 0 spiro atoms. The highest BCUT2D eigenvalue weighted by molar-refractivity contribution is 7.16. The predicted molar refractivity (Wildman–Crippen MR) is 107 cm³/mol. The van der Waals surface area contributed by atoms with Gasteiger partial charge >= 0.3 is 0 Å². The first-order valence-corrected chi connectivity index (χ1v) is 9.04. The molecule has 2 aromatic carbocycles. The Balaban J connectivity index is 1.64. The van der Waals surface area contributed by atoms with Gasteiger partial charge in [-0.2, -0.15) is 0 Å². The Morgan fingerprint density at radius 2 is 1.74 bits per heavy atom. The highest BCUT2D eigenvalue weighted by Crippen LogP contribution is 2.30. The Morgan fingerprint density at radius 1 is 1.00 bits per heavy atom. The van der Waals surface area contributed by atoms with Gasteiger partial charge in [-0.3, -0.25) is 9.59 Å². The molecule has 0 unspecified atom stereocenters. The number of amides is 2. The van der Waals surface area contributed by atoms with E-state index in [9.17, 15) is 14.0 Å². The lowest BCUT2D eigenvalue weighted by Crippen LogP contribution is -2.17. The van der Waals surface area contributed by atoms with E-state index in [0.717, 1.165) is 9.75 Å². The third-order valence-corrected chi connectivity index (χ3v) is 4.89. The molecule has 0 fully saturated rings. The number of carbonyl (C=O) groups excluding carboxylic acids is 2. The van der Waals surface area contributed by atoms with Crippen molar-refractivity contribution >= 4 is 34.9 Å². The zero-order chi connectivity index (χ0) is 19.2.